The van der Waals surface area contributed by atoms with Crippen LogP contribution in [0, 0.1) is 6.92 Å². The van der Waals surface area contributed by atoms with Gasteiger partial charge >= 0.3 is 0 Å². The first-order valence-corrected chi connectivity index (χ1v) is 3.62. The first-order chi connectivity index (χ1) is 5.89. The number of aromatic nitrogens is 2. The van der Waals surface area contributed by atoms with Crippen LogP contribution in [0.15, 0.2) is 47.3 Å². The summed E-state index contributed by atoms with van der Waals surface area (Å²) in [5.74, 6) is 0. The molecule has 2 rings (SSSR count). The molecule has 2 aromatic rings. The van der Waals surface area contributed by atoms with Gasteiger partial charge in [0.25, 0.3) is 0 Å². The number of nitrogens with zero attached hydrogens (tertiary/aromatic N) is 2. The van der Waals surface area contributed by atoms with E-state index in [2.05, 4.69) is 33.9 Å². The molecule has 0 radical (unpaired) electrons. The Bertz CT molecular complexity index is 261. The molecular weight excluding hydrogens is 152 g/mol. The molecule has 0 atom stereocenters. The van der Waals surface area contributed by atoms with Gasteiger partial charge in [-0.2, -0.15) is 0 Å². The van der Waals surface area contributed by atoms with E-state index in [1.807, 2.05) is 18.2 Å². The summed E-state index contributed by atoms with van der Waals surface area (Å²) >= 11 is 0. The molecule has 0 aliphatic rings. The topological polar surface area (TPSA) is 38.9 Å². The Balaban J connectivity index is 0.000000127. The van der Waals surface area contributed by atoms with Gasteiger partial charge in [0, 0.05) is 5.27 Å². The first kappa shape index (κ1) is 8.46. The minimum Gasteiger partial charge on any atom is -0.346 e. The third-order valence-electron chi connectivity index (χ3n) is 1.22. The predicted octanol–water partition coefficient (Wildman–Crippen LogP) is 2.06. The predicted molar refractivity (Wildman–Crippen MR) is 45.5 cm³/mol. The van der Waals surface area contributed by atoms with Crippen LogP contribution in [0.25, 0.3) is 0 Å². The smallest absolute Gasteiger partial charge is 0.144 e. The molecule has 0 fully saturated rings. The van der Waals surface area contributed by atoms with E-state index in [0.29, 0.717) is 0 Å². The van der Waals surface area contributed by atoms with E-state index in [1.54, 1.807) is 0 Å². The van der Waals surface area contributed by atoms with Gasteiger partial charge in [-0.05, 0) is 6.92 Å². The van der Waals surface area contributed by atoms with Crippen LogP contribution >= 0.6 is 0 Å². The molecule has 0 saturated heterocycles. The molecule has 1 heterocycles. The molecular formula is C9H10N2O. The van der Waals surface area contributed by atoms with Gasteiger partial charge < -0.3 is 4.52 Å². The Morgan fingerprint density at radius 1 is 1.17 bits per heavy atom. The van der Waals surface area contributed by atoms with E-state index in [1.165, 1.54) is 18.0 Å². The van der Waals surface area contributed by atoms with Gasteiger partial charge in [-0.25, -0.2) is 0 Å². The second-order valence-electron chi connectivity index (χ2n) is 2.24. The van der Waals surface area contributed by atoms with Crippen LogP contribution in [0.1, 0.15) is 5.56 Å². The van der Waals surface area contributed by atoms with Crippen molar-refractivity contribution in [3.8, 4) is 0 Å². The third-order valence-corrected chi connectivity index (χ3v) is 1.22. The van der Waals surface area contributed by atoms with Crippen molar-refractivity contribution in [2.24, 2.45) is 0 Å². The van der Waals surface area contributed by atoms with Crippen LogP contribution in [0.2, 0.25) is 0 Å². The maximum atomic E-state index is 4.22. The second kappa shape index (κ2) is 5.07. The fourth-order valence-corrected chi connectivity index (χ4v) is 0.670. The minimum atomic E-state index is 1.32. The zero-order chi connectivity index (χ0) is 8.65. The Kier molecular flexibility index (Phi) is 3.57. The monoisotopic (exact) mass is 162 g/mol. The molecule has 0 N–H and O–H groups in total. The van der Waals surface area contributed by atoms with Crippen molar-refractivity contribution in [2.75, 3.05) is 0 Å². The second-order valence-corrected chi connectivity index (χ2v) is 2.24. The van der Waals surface area contributed by atoms with Gasteiger partial charge in [-0.1, -0.05) is 35.9 Å². The quantitative estimate of drug-likeness (QED) is 0.595. The highest BCUT2D eigenvalue weighted by molar-refractivity contribution is 5.11. The molecule has 0 aliphatic heterocycles. The summed E-state index contributed by atoms with van der Waals surface area (Å²) < 4.78 is 4.22. The molecule has 12 heavy (non-hydrogen) atoms. The standard InChI is InChI=1S/C7H8.C2H2N2O/c1-7-5-3-2-4-6-7;1-2-5-4-3-1/h2-6H,1H3;1-2H. The summed E-state index contributed by atoms with van der Waals surface area (Å²) in [6, 6.07) is 10.3. The highest BCUT2D eigenvalue weighted by atomic mass is 16.5. The molecule has 0 amide bonds. The van der Waals surface area contributed by atoms with E-state index >= 15 is 0 Å². The lowest BCUT2D eigenvalue weighted by Gasteiger charge is -1.82. The van der Waals surface area contributed by atoms with Crippen LogP contribution in [-0.4, -0.2) is 10.4 Å². The summed E-state index contributed by atoms with van der Waals surface area (Å²) in [6.45, 7) is 2.08. The van der Waals surface area contributed by atoms with Gasteiger partial charge in [-0.3, -0.25) is 0 Å². The highest BCUT2D eigenvalue weighted by Gasteiger charge is 1.72. The number of aryl methyl sites for hydroxylation is 1. The molecule has 0 bridgehead atoms. The average Bonchev–Trinajstić information content (AvgIpc) is 2.62. The van der Waals surface area contributed by atoms with Crippen LogP contribution < -0.4 is 0 Å². The van der Waals surface area contributed by atoms with Crippen molar-refractivity contribution in [1.29, 1.82) is 0 Å². The van der Waals surface area contributed by atoms with E-state index < -0.39 is 0 Å². The number of benzene rings is 1. The van der Waals surface area contributed by atoms with Crippen LogP contribution in [0.3, 0.4) is 0 Å². The zero-order valence-corrected chi connectivity index (χ0v) is 6.84. The normalized spacial score (nSPS) is 8.42. The highest BCUT2D eigenvalue weighted by Crippen LogP contribution is 1.92. The van der Waals surface area contributed by atoms with Gasteiger partial charge in [-0.15, -0.1) is 5.10 Å². The van der Waals surface area contributed by atoms with Gasteiger partial charge in [0.1, 0.15) is 6.26 Å². The molecule has 3 nitrogen and oxygen atoms in total. The average molecular weight is 162 g/mol. The molecule has 3 heteroatoms. The Morgan fingerprint density at radius 2 is 1.92 bits per heavy atom. The van der Waals surface area contributed by atoms with E-state index in [4.69, 9.17) is 0 Å². The summed E-state index contributed by atoms with van der Waals surface area (Å²) in [6.07, 6.45) is 2.88. The van der Waals surface area contributed by atoms with Crippen molar-refractivity contribution in [1.82, 2.24) is 10.4 Å². The number of hydrogen-bond donors (Lipinski definition) is 0. The summed E-state index contributed by atoms with van der Waals surface area (Å²) in [5.41, 5.74) is 1.32. The Labute approximate surface area is 71.0 Å². The molecule has 0 saturated carbocycles. The maximum absolute atomic E-state index is 4.22. The van der Waals surface area contributed by atoms with Crippen molar-refractivity contribution in [3.63, 3.8) is 0 Å². The minimum absolute atomic E-state index is 1.32. The zero-order valence-electron chi connectivity index (χ0n) is 6.84. The SMILES string of the molecule is Cc1ccccc1.c1conn1. The summed E-state index contributed by atoms with van der Waals surface area (Å²) in [5, 5.41) is 6.40. The lowest BCUT2D eigenvalue weighted by atomic mass is 10.2. The maximum Gasteiger partial charge on any atom is 0.144 e. The largest absolute Gasteiger partial charge is 0.346 e. The van der Waals surface area contributed by atoms with Crippen LogP contribution in [-0.2, 0) is 0 Å². The Hall–Kier alpha value is -1.64. The van der Waals surface area contributed by atoms with Gasteiger partial charge in [0.05, 0.1) is 6.20 Å². The van der Waals surface area contributed by atoms with E-state index in [0.717, 1.165) is 0 Å². The van der Waals surface area contributed by atoms with Crippen molar-refractivity contribution >= 4 is 0 Å². The van der Waals surface area contributed by atoms with Crippen molar-refractivity contribution < 1.29 is 4.52 Å². The molecule has 1 aromatic heterocycles. The first-order valence-electron chi connectivity index (χ1n) is 3.62. The van der Waals surface area contributed by atoms with Crippen molar-refractivity contribution in [2.45, 2.75) is 6.92 Å². The third kappa shape index (κ3) is 3.51. The lowest BCUT2D eigenvalue weighted by molar-refractivity contribution is 0.393. The molecule has 0 spiro atoms. The summed E-state index contributed by atoms with van der Waals surface area (Å²) in [7, 11) is 0. The molecule has 0 unspecified atom stereocenters. The van der Waals surface area contributed by atoms with Gasteiger partial charge in [0.15, 0.2) is 0 Å². The van der Waals surface area contributed by atoms with Crippen LogP contribution in [0.4, 0.5) is 0 Å². The number of rotatable bonds is 0. The summed E-state index contributed by atoms with van der Waals surface area (Å²) in [4.78, 5) is 0. The molecule has 0 aliphatic carbocycles. The molecule has 1 aromatic carbocycles. The van der Waals surface area contributed by atoms with Crippen LogP contribution in [0.5, 0.6) is 0 Å². The van der Waals surface area contributed by atoms with Gasteiger partial charge in [0.2, 0.25) is 0 Å². The fourth-order valence-electron chi connectivity index (χ4n) is 0.670. The lowest BCUT2D eigenvalue weighted by Crippen LogP contribution is -1.62. The molecule has 62 valence electrons. The van der Waals surface area contributed by atoms with E-state index in [-0.39, 0.29) is 0 Å². The van der Waals surface area contributed by atoms with Crippen molar-refractivity contribution in [3.05, 3.63) is 48.4 Å². The Morgan fingerprint density at radius 3 is 2.17 bits per heavy atom. The number of hydrogen-bond acceptors (Lipinski definition) is 3. The van der Waals surface area contributed by atoms with E-state index in [9.17, 15) is 0 Å². The fraction of sp³-hybridized carbons (Fsp3) is 0.111.